The van der Waals surface area contributed by atoms with Gasteiger partial charge in [0.1, 0.15) is 19.3 Å². The Kier molecular flexibility index (Phi) is 59.9. The Hall–Kier alpha value is -1.94. The molecule has 0 spiro atoms. The molecule has 0 bridgehead atoms. The van der Waals surface area contributed by atoms with E-state index in [-0.39, 0.29) is 25.7 Å². The van der Waals surface area contributed by atoms with Gasteiger partial charge in [-0.15, -0.1) is 0 Å². The fraction of sp³-hybridized carbons (Fsp3) is 0.942. The van der Waals surface area contributed by atoms with Crippen LogP contribution in [0.4, 0.5) is 0 Å². The van der Waals surface area contributed by atoms with Gasteiger partial charge in [-0.05, 0) is 37.5 Å². The average molecular weight is 1300 g/mol. The monoisotopic (exact) mass is 1300 g/mol. The number of rotatable bonds is 68. The van der Waals surface area contributed by atoms with E-state index < -0.39 is 97.5 Å². The van der Waals surface area contributed by atoms with E-state index >= 15 is 0 Å². The van der Waals surface area contributed by atoms with Crippen LogP contribution >= 0.6 is 15.6 Å². The molecule has 0 fully saturated rings. The second-order valence-electron chi connectivity index (χ2n) is 25.6. The molecule has 0 aliphatic carbocycles. The molecule has 0 amide bonds. The third-order valence-corrected chi connectivity index (χ3v) is 18.2. The molecule has 0 heterocycles. The maximum atomic E-state index is 13.0. The van der Waals surface area contributed by atoms with E-state index in [1.807, 2.05) is 0 Å². The van der Waals surface area contributed by atoms with Gasteiger partial charge in [0.05, 0.1) is 26.4 Å². The number of phosphoric ester groups is 2. The van der Waals surface area contributed by atoms with Gasteiger partial charge in [-0.25, -0.2) is 9.13 Å². The number of aliphatic hydroxyl groups is 1. The van der Waals surface area contributed by atoms with Crippen molar-refractivity contribution in [2.45, 2.75) is 368 Å². The number of esters is 4. The molecule has 0 aromatic carbocycles. The minimum atomic E-state index is -4.95. The van der Waals surface area contributed by atoms with Crippen LogP contribution < -0.4 is 0 Å². The van der Waals surface area contributed by atoms with Crippen LogP contribution in [0.1, 0.15) is 350 Å². The fourth-order valence-corrected chi connectivity index (χ4v) is 12.0. The van der Waals surface area contributed by atoms with Gasteiger partial charge in [0.2, 0.25) is 0 Å². The molecule has 0 radical (unpaired) electrons. The van der Waals surface area contributed by atoms with Crippen LogP contribution in [0.15, 0.2) is 0 Å². The first-order valence-electron chi connectivity index (χ1n) is 36.0. The molecule has 0 rings (SSSR count). The Morgan fingerprint density at radius 2 is 0.580 bits per heavy atom. The smallest absolute Gasteiger partial charge is 0.462 e. The lowest BCUT2D eigenvalue weighted by Gasteiger charge is -2.21. The Labute approximate surface area is 537 Å². The van der Waals surface area contributed by atoms with Crippen LogP contribution in [0.25, 0.3) is 0 Å². The maximum Gasteiger partial charge on any atom is 0.472 e. The summed E-state index contributed by atoms with van der Waals surface area (Å²) in [6.07, 6.45) is 45.6. The Bertz CT molecular complexity index is 1720. The number of carbonyl (C=O) groups is 4. The van der Waals surface area contributed by atoms with Gasteiger partial charge in [-0.2, -0.15) is 0 Å². The van der Waals surface area contributed by atoms with Crippen molar-refractivity contribution in [2.24, 2.45) is 11.8 Å². The molecular weight excluding hydrogens is 1160 g/mol. The minimum absolute atomic E-state index is 0.105. The topological polar surface area (TPSA) is 237 Å². The van der Waals surface area contributed by atoms with E-state index in [4.69, 9.17) is 37.0 Å². The van der Waals surface area contributed by atoms with Gasteiger partial charge in [-0.1, -0.05) is 298 Å². The molecule has 0 saturated heterocycles. The van der Waals surface area contributed by atoms with E-state index in [1.54, 1.807) is 0 Å². The van der Waals surface area contributed by atoms with E-state index in [0.717, 1.165) is 102 Å². The predicted octanol–water partition coefficient (Wildman–Crippen LogP) is 19.6. The SMILES string of the molecule is CCCCCCCCCCCCCCCC(=O)OC[C@H](COP(=O)(O)OC[C@@H](O)COP(=O)(O)OC[C@@H](COC(=O)CCCCCCCCCCC)OC(=O)CCCCCCCCCCC(C)CC)OC(=O)CCCCCCCCCCCCCC(C)C. The van der Waals surface area contributed by atoms with Crippen molar-refractivity contribution >= 4 is 39.5 Å². The summed E-state index contributed by atoms with van der Waals surface area (Å²) in [5.74, 6) is -0.591. The number of ether oxygens (including phenoxy) is 4. The van der Waals surface area contributed by atoms with Crippen LogP contribution in [-0.2, 0) is 65.4 Å². The number of unbranched alkanes of at least 4 members (excludes halogenated alkanes) is 37. The van der Waals surface area contributed by atoms with Crippen LogP contribution in [0, 0.1) is 11.8 Å². The summed E-state index contributed by atoms with van der Waals surface area (Å²) in [6, 6.07) is 0. The molecule has 0 aliphatic rings. The molecule has 3 N–H and O–H groups in total. The third-order valence-electron chi connectivity index (χ3n) is 16.3. The predicted molar refractivity (Wildman–Crippen MR) is 354 cm³/mol. The molecule has 88 heavy (non-hydrogen) atoms. The van der Waals surface area contributed by atoms with Crippen molar-refractivity contribution in [3.05, 3.63) is 0 Å². The first kappa shape index (κ1) is 86.1. The van der Waals surface area contributed by atoms with Crippen molar-refractivity contribution in [1.82, 2.24) is 0 Å². The zero-order valence-electron chi connectivity index (χ0n) is 57.0. The number of phosphoric acid groups is 2. The quantitative estimate of drug-likeness (QED) is 0.0222. The molecule has 0 aliphatic heterocycles. The van der Waals surface area contributed by atoms with Gasteiger partial charge in [0, 0.05) is 25.7 Å². The highest BCUT2D eigenvalue weighted by atomic mass is 31.2. The summed E-state index contributed by atoms with van der Waals surface area (Å²) in [6.45, 7) is 9.53. The number of hydrogen-bond donors (Lipinski definition) is 3. The Balaban J connectivity index is 5.25. The molecule has 19 heteroatoms. The van der Waals surface area contributed by atoms with Crippen LogP contribution in [0.2, 0.25) is 0 Å². The normalized spacial score (nSPS) is 14.5. The molecule has 3 unspecified atom stereocenters. The van der Waals surface area contributed by atoms with E-state index in [0.29, 0.717) is 25.7 Å². The molecular formula is C69H134O17P2. The van der Waals surface area contributed by atoms with Gasteiger partial charge >= 0.3 is 39.5 Å². The number of hydrogen-bond acceptors (Lipinski definition) is 15. The second kappa shape index (κ2) is 61.3. The molecule has 0 saturated carbocycles. The number of aliphatic hydroxyl groups excluding tert-OH is 1. The molecule has 0 aromatic heterocycles. The highest BCUT2D eigenvalue weighted by Gasteiger charge is 2.30. The zero-order chi connectivity index (χ0) is 65.0. The number of carbonyl (C=O) groups excluding carboxylic acids is 4. The third kappa shape index (κ3) is 61.6. The fourth-order valence-electron chi connectivity index (χ4n) is 10.4. The summed E-state index contributed by atoms with van der Waals surface area (Å²) in [5, 5.41) is 10.6. The first-order valence-corrected chi connectivity index (χ1v) is 39.0. The first-order chi connectivity index (χ1) is 42.4. The Morgan fingerprint density at radius 1 is 0.330 bits per heavy atom. The van der Waals surface area contributed by atoms with Crippen LogP contribution in [-0.4, -0.2) is 96.7 Å². The van der Waals surface area contributed by atoms with Gasteiger partial charge in [0.15, 0.2) is 12.2 Å². The van der Waals surface area contributed by atoms with E-state index in [9.17, 15) is 43.2 Å². The summed E-state index contributed by atoms with van der Waals surface area (Å²) in [5.41, 5.74) is 0. The summed E-state index contributed by atoms with van der Waals surface area (Å²) < 4.78 is 68.2. The highest BCUT2D eigenvalue weighted by Crippen LogP contribution is 2.45. The summed E-state index contributed by atoms with van der Waals surface area (Å²) >= 11 is 0. The lowest BCUT2D eigenvalue weighted by molar-refractivity contribution is -0.161. The highest BCUT2D eigenvalue weighted by molar-refractivity contribution is 7.47. The van der Waals surface area contributed by atoms with Crippen molar-refractivity contribution in [2.75, 3.05) is 39.6 Å². The van der Waals surface area contributed by atoms with Gasteiger partial charge in [0.25, 0.3) is 0 Å². The summed E-state index contributed by atoms with van der Waals surface area (Å²) in [7, 11) is -9.90. The van der Waals surface area contributed by atoms with Gasteiger partial charge < -0.3 is 33.8 Å². The largest absolute Gasteiger partial charge is 0.472 e. The molecule has 0 aromatic rings. The van der Waals surface area contributed by atoms with E-state index in [1.165, 1.54) is 167 Å². The minimum Gasteiger partial charge on any atom is -0.462 e. The van der Waals surface area contributed by atoms with Crippen molar-refractivity contribution < 1.29 is 80.2 Å². The van der Waals surface area contributed by atoms with E-state index in [2.05, 4.69) is 41.5 Å². The van der Waals surface area contributed by atoms with Crippen molar-refractivity contribution in [1.29, 1.82) is 0 Å². The average Bonchev–Trinajstić information content (AvgIpc) is 3.70. The van der Waals surface area contributed by atoms with Crippen molar-refractivity contribution in [3.63, 3.8) is 0 Å². The zero-order valence-corrected chi connectivity index (χ0v) is 58.8. The lowest BCUT2D eigenvalue weighted by Crippen LogP contribution is -2.30. The van der Waals surface area contributed by atoms with Crippen LogP contribution in [0.5, 0.6) is 0 Å². The molecule has 17 nitrogen and oxygen atoms in total. The van der Waals surface area contributed by atoms with Crippen molar-refractivity contribution in [3.8, 4) is 0 Å². The second-order valence-corrected chi connectivity index (χ2v) is 28.5. The maximum absolute atomic E-state index is 13.0. The lowest BCUT2D eigenvalue weighted by atomic mass is 9.99. The molecule has 522 valence electrons. The Morgan fingerprint density at radius 3 is 0.864 bits per heavy atom. The van der Waals surface area contributed by atoms with Crippen LogP contribution in [0.3, 0.4) is 0 Å². The standard InChI is InChI=1S/C69H134O17P2/c1-7-10-12-14-16-18-19-20-23-27-34-40-46-52-67(72)80-58-64(85-68(73)53-47-41-35-28-24-21-22-26-31-37-43-49-61(4)5)59-83-87(75,76)81-55-63(70)56-82-88(77,78)84-60-65(57-79-66(71)51-45-39-33-25-17-15-13-11-8-2)86-69(74)54-48-42-36-30-29-32-38-44-50-62(6)9-3/h61-65,70H,7-60H2,1-6H3,(H,75,76)(H,77,78)/t62?,63-,64-,65-/m1/s1. The summed E-state index contributed by atoms with van der Waals surface area (Å²) in [4.78, 5) is 72.5. The molecule has 6 atom stereocenters. The van der Waals surface area contributed by atoms with Gasteiger partial charge in [-0.3, -0.25) is 37.3 Å².